The summed E-state index contributed by atoms with van der Waals surface area (Å²) in [6.45, 7) is 5.41. The van der Waals surface area contributed by atoms with Crippen LogP contribution in [0.25, 0.3) is 0 Å². The molecule has 0 spiro atoms. The number of nitrogens with zero attached hydrogens (tertiary/aromatic N) is 4. The Morgan fingerprint density at radius 1 is 1.05 bits per heavy atom. The first kappa shape index (κ1) is 26.6. The van der Waals surface area contributed by atoms with E-state index in [1.807, 2.05) is 37.3 Å². The first-order valence-corrected chi connectivity index (χ1v) is 14.5. The summed E-state index contributed by atoms with van der Waals surface area (Å²) in [4.78, 5) is 13.0. The number of benzene rings is 2. The monoisotopic (exact) mass is 559 g/mol. The Kier molecular flexibility index (Phi) is 7.71. The van der Waals surface area contributed by atoms with E-state index in [-0.39, 0.29) is 22.9 Å². The first-order valence-electron chi connectivity index (χ1n) is 12.6. The fraction of sp³-hybridized carbons (Fsp3) is 0.385. The molecule has 5 rings (SSSR count). The van der Waals surface area contributed by atoms with E-state index in [0.29, 0.717) is 16.5 Å². The lowest BCUT2D eigenvalue weighted by molar-refractivity contribution is 0.313. The van der Waals surface area contributed by atoms with Crippen molar-refractivity contribution in [2.75, 3.05) is 48.8 Å². The number of hydrogen-bond donors (Lipinski definition) is 3. The maximum absolute atomic E-state index is 14.9. The molecule has 1 unspecified atom stereocenters. The van der Waals surface area contributed by atoms with Gasteiger partial charge in [-0.05, 0) is 62.7 Å². The molecule has 1 aliphatic heterocycles. The molecule has 2 heterocycles. The van der Waals surface area contributed by atoms with E-state index in [0.717, 1.165) is 50.3 Å². The Morgan fingerprint density at radius 3 is 2.42 bits per heavy atom. The van der Waals surface area contributed by atoms with Crippen molar-refractivity contribution in [3.8, 4) is 0 Å². The summed E-state index contributed by atoms with van der Waals surface area (Å²) in [5.41, 5.74) is 2.66. The van der Waals surface area contributed by atoms with Gasteiger partial charge in [0.05, 0.1) is 17.1 Å². The molecule has 1 saturated heterocycles. The van der Waals surface area contributed by atoms with Crippen LogP contribution in [0, 0.1) is 5.82 Å². The molecule has 3 aromatic rings. The van der Waals surface area contributed by atoms with Gasteiger partial charge in [-0.1, -0.05) is 23.7 Å². The number of halogens is 2. The highest BCUT2D eigenvalue weighted by atomic mass is 35.5. The smallest absolute Gasteiger partial charge is 0.229 e. The average Bonchev–Trinajstić information content (AvgIpc) is 3.74. The minimum Gasteiger partial charge on any atom is -0.369 e. The van der Waals surface area contributed by atoms with Crippen LogP contribution in [-0.2, 0) is 10.0 Å². The van der Waals surface area contributed by atoms with E-state index in [2.05, 4.69) is 42.2 Å². The van der Waals surface area contributed by atoms with Crippen LogP contribution in [0.1, 0.15) is 31.4 Å². The van der Waals surface area contributed by atoms with E-state index in [4.69, 9.17) is 11.6 Å². The minimum atomic E-state index is -3.28. The topological polar surface area (TPSA) is 102 Å². The largest absolute Gasteiger partial charge is 0.369 e. The Labute approximate surface area is 227 Å². The SMILES string of the molecule is CC(NS(=O)(=O)C1CC1)c1ccc(Nc2nc(Nc3ccc(N4CCN(C)CC4)cc3F)ncc2Cl)cc1. The zero-order valence-electron chi connectivity index (χ0n) is 21.3. The second-order valence-corrected chi connectivity index (χ2v) is 12.2. The van der Waals surface area contributed by atoms with Crippen molar-refractivity contribution >= 4 is 50.5 Å². The van der Waals surface area contributed by atoms with Crippen molar-refractivity contribution in [1.82, 2.24) is 19.6 Å². The van der Waals surface area contributed by atoms with Gasteiger partial charge >= 0.3 is 0 Å². The molecule has 0 bridgehead atoms. The van der Waals surface area contributed by atoms with Gasteiger partial charge in [-0.25, -0.2) is 22.5 Å². The fourth-order valence-corrected chi connectivity index (χ4v) is 6.00. The van der Waals surface area contributed by atoms with E-state index in [9.17, 15) is 12.8 Å². The van der Waals surface area contributed by atoms with Crippen molar-refractivity contribution in [3.05, 3.63) is 65.1 Å². The summed E-state index contributed by atoms with van der Waals surface area (Å²) in [6, 6.07) is 12.1. The third-order valence-electron chi connectivity index (χ3n) is 6.79. The molecule has 12 heteroatoms. The Balaban J connectivity index is 1.24. The number of hydrogen-bond acceptors (Lipinski definition) is 8. The molecule has 1 aliphatic carbocycles. The highest BCUT2D eigenvalue weighted by molar-refractivity contribution is 7.90. The lowest BCUT2D eigenvalue weighted by Gasteiger charge is -2.34. The predicted octanol–water partition coefficient (Wildman–Crippen LogP) is 4.65. The molecule has 38 heavy (non-hydrogen) atoms. The van der Waals surface area contributed by atoms with Crippen LogP contribution in [0.2, 0.25) is 5.02 Å². The molecule has 9 nitrogen and oxygen atoms in total. The molecule has 0 radical (unpaired) electrons. The number of sulfonamides is 1. The Morgan fingerprint density at radius 2 is 1.76 bits per heavy atom. The zero-order valence-corrected chi connectivity index (χ0v) is 22.9. The number of nitrogens with one attached hydrogen (secondary N) is 3. The molecule has 1 atom stereocenters. The quantitative estimate of drug-likeness (QED) is 0.348. The molecular weight excluding hydrogens is 529 g/mol. The molecule has 2 aromatic carbocycles. The van der Waals surface area contributed by atoms with E-state index in [1.54, 1.807) is 6.07 Å². The lowest BCUT2D eigenvalue weighted by atomic mass is 10.1. The van der Waals surface area contributed by atoms with E-state index in [1.165, 1.54) is 12.3 Å². The summed E-state index contributed by atoms with van der Waals surface area (Å²) in [6.07, 6.45) is 2.88. The summed E-state index contributed by atoms with van der Waals surface area (Å²) >= 11 is 6.31. The van der Waals surface area contributed by atoms with Gasteiger partial charge in [-0.15, -0.1) is 0 Å². The average molecular weight is 560 g/mol. The van der Waals surface area contributed by atoms with Crippen LogP contribution in [0.4, 0.5) is 33.2 Å². The number of anilines is 5. The second kappa shape index (κ2) is 11.0. The highest BCUT2D eigenvalue weighted by Crippen LogP contribution is 2.30. The number of likely N-dealkylation sites (N-methyl/N-ethyl adjacent to an activating group) is 1. The molecule has 1 aromatic heterocycles. The Hall–Kier alpha value is -2.99. The van der Waals surface area contributed by atoms with Gasteiger partial charge in [-0.3, -0.25) is 0 Å². The molecule has 0 amide bonds. The number of aromatic nitrogens is 2. The van der Waals surface area contributed by atoms with Crippen LogP contribution in [0.3, 0.4) is 0 Å². The normalized spacial score (nSPS) is 17.3. The molecular formula is C26H31ClFN7O2S. The standard InChI is InChI=1S/C26H31ClFN7O2S/c1-17(33-38(36,37)21-8-9-21)18-3-5-19(6-4-18)30-25-22(27)16-29-26(32-25)31-24-10-7-20(15-23(24)28)35-13-11-34(2)12-14-35/h3-7,10,15-17,21,33H,8-9,11-14H2,1-2H3,(H2,29,30,31,32). The minimum absolute atomic E-state index is 0.197. The van der Waals surface area contributed by atoms with Crippen molar-refractivity contribution in [2.45, 2.75) is 31.1 Å². The summed E-state index contributed by atoms with van der Waals surface area (Å²) in [5.74, 6) is 0.160. The van der Waals surface area contributed by atoms with Crippen LogP contribution in [0.5, 0.6) is 0 Å². The predicted molar refractivity (Wildman–Crippen MR) is 150 cm³/mol. The van der Waals surface area contributed by atoms with Gasteiger partial charge in [0.15, 0.2) is 5.82 Å². The van der Waals surface area contributed by atoms with Gasteiger partial charge in [0.25, 0.3) is 0 Å². The summed E-state index contributed by atoms with van der Waals surface area (Å²) < 4.78 is 42.1. The van der Waals surface area contributed by atoms with Crippen molar-refractivity contribution < 1.29 is 12.8 Å². The van der Waals surface area contributed by atoms with E-state index >= 15 is 0 Å². The van der Waals surface area contributed by atoms with Crippen molar-refractivity contribution in [2.24, 2.45) is 0 Å². The third-order valence-corrected chi connectivity index (χ3v) is 9.10. The number of piperazine rings is 1. The summed E-state index contributed by atoms with van der Waals surface area (Å²) in [7, 11) is -1.20. The fourth-order valence-electron chi connectivity index (χ4n) is 4.28. The van der Waals surface area contributed by atoms with Crippen molar-refractivity contribution in [1.29, 1.82) is 0 Å². The first-order chi connectivity index (χ1) is 18.2. The molecule has 2 aliphatic rings. The molecule has 202 valence electrons. The van der Waals surface area contributed by atoms with E-state index < -0.39 is 15.8 Å². The van der Waals surface area contributed by atoms with Crippen LogP contribution < -0.4 is 20.3 Å². The molecule has 3 N–H and O–H groups in total. The Bertz CT molecular complexity index is 1400. The van der Waals surface area contributed by atoms with Gasteiger partial charge in [-0.2, -0.15) is 4.98 Å². The second-order valence-electron chi connectivity index (χ2n) is 9.80. The maximum Gasteiger partial charge on any atom is 0.229 e. The van der Waals surface area contributed by atoms with Gasteiger partial charge < -0.3 is 20.4 Å². The summed E-state index contributed by atoms with van der Waals surface area (Å²) in [5, 5.41) is 6.12. The molecule has 2 fully saturated rings. The van der Waals surface area contributed by atoms with Gasteiger partial charge in [0.1, 0.15) is 10.8 Å². The lowest BCUT2D eigenvalue weighted by Crippen LogP contribution is -2.44. The van der Waals surface area contributed by atoms with Gasteiger partial charge in [0.2, 0.25) is 16.0 Å². The third kappa shape index (κ3) is 6.35. The van der Waals surface area contributed by atoms with Gasteiger partial charge in [0, 0.05) is 43.6 Å². The highest BCUT2D eigenvalue weighted by Gasteiger charge is 2.36. The number of rotatable bonds is 9. The maximum atomic E-state index is 14.9. The van der Waals surface area contributed by atoms with Crippen LogP contribution >= 0.6 is 11.6 Å². The van der Waals surface area contributed by atoms with Crippen molar-refractivity contribution in [3.63, 3.8) is 0 Å². The van der Waals surface area contributed by atoms with Crippen LogP contribution in [-0.4, -0.2) is 61.8 Å². The molecule has 1 saturated carbocycles. The zero-order chi connectivity index (χ0) is 26.9. The van der Waals surface area contributed by atoms with Crippen LogP contribution in [0.15, 0.2) is 48.7 Å².